The number of esters is 1. The largest absolute Gasteiger partial charge is 0.465 e. The quantitative estimate of drug-likeness (QED) is 0.141. The summed E-state index contributed by atoms with van der Waals surface area (Å²) in [5.41, 5.74) is 4.33. The molecule has 0 spiro atoms. The van der Waals surface area contributed by atoms with Crippen molar-refractivity contribution in [2.75, 3.05) is 17.7 Å². The third-order valence-corrected chi connectivity index (χ3v) is 11.3. The predicted molar refractivity (Wildman–Crippen MR) is 182 cm³/mol. The number of anilines is 2. The fourth-order valence-electron chi connectivity index (χ4n) is 6.47. The highest BCUT2D eigenvalue weighted by atomic mass is 32.2. The van der Waals surface area contributed by atoms with Crippen LogP contribution in [0.4, 0.5) is 10.7 Å². The zero-order valence-corrected chi connectivity index (χ0v) is 27.1. The molecule has 1 saturated carbocycles. The molecule has 1 heterocycles. The summed E-state index contributed by atoms with van der Waals surface area (Å²) in [6, 6.07) is 27.8. The molecule has 8 heteroatoms. The zero-order chi connectivity index (χ0) is 31.2. The van der Waals surface area contributed by atoms with Crippen molar-refractivity contribution >= 4 is 51.6 Å². The van der Waals surface area contributed by atoms with E-state index in [1.165, 1.54) is 42.2 Å². The minimum Gasteiger partial charge on any atom is -0.465 e. The lowest BCUT2D eigenvalue weighted by Gasteiger charge is -2.22. The van der Waals surface area contributed by atoms with Crippen LogP contribution in [0.25, 0.3) is 0 Å². The molecule has 0 saturated heterocycles. The van der Waals surface area contributed by atoms with E-state index in [1.54, 1.807) is 0 Å². The van der Waals surface area contributed by atoms with Gasteiger partial charge in [0.2, 0.25) is 11.8 Å². The second-order valence-corrected chi connectivity index (χ2v) is 14.1. The lowest BCUT2D eigenvalue weighted by Crippen LogP contribution is -2.24. The molecular formula is C37H38N2O4S2. The number of carbonyl (C=O) groups is 3. The van der Waals surface area contributed by atoms with Gasteiger partial charge < -0.3 is 15.4 Å². The number of fused-ring (bicyclic) bond motifs is 1. The average Bonchev–Trinajstić information content (AvgIpc) is 3.45. The number of nitrogens with one attached hydrogen (secondary N) is 2. The summed E-state index contributed by atoms with van der Waals surface area (Å²) in [5.74, 6) is -0.149. The normalized spacial score (nSPS) is 17.1. The molecule has 0 aliphatic heterocycles. The number of benzene rings is 3. The van der Waals surface area contributed by atoms with Crippen molar-refractivity contribution in [3.63, 3.8) is 0 Å². The van der Waals surface area contributed by atoms with Crippen LogP contribution in [0.1, 0.15) is 81.6 Å². The number of rotatable bonds is 9. The molecule has 45 heavy (non-hydrogen) atoms. The smallest absolute Gasteiger partial charge is 0.341 e. The van der Waals surface area contributed by atoms with Crippen molar-refractivity contribution in [2.24, 2.45) is 5.92 Å². The van der Waals surface area contributed by atoms with E-state index in [-0.39, 0.29) is 17.7 Å². The standard InChI is InChI=1S/C37H38N2O4S2/c1-43-37(42)32-30-21-20-27(24-12-5-2-6-13-24)22-31(30)45-36(32)39-35(41)33(25-14-7-3-8-15-25)44-29-19-11-18-28(23-29)38-34(40)26-16-9-4-10-17-26/h2-3,5-8,11-15,18-19,23,26-27,33H,4,9-10,16-17,20-22H2,1H3,(H,38,40)(H,39,41). The summed E-state index contributed by atoms with van der Waals surface area (Å²) in [5, 5.41) is 6.19. The van der Waals surface area contributed by atoms with E-state index in [1.807, 2.05) is 60.7 Å². The number of amides is 2. The topological polar surface area (TPSA) is 84.5 Å². The maximum Gasteiger partial charge on any atom is 0.341 e. The summed E-state index contributed by atoms with van der Waals surface area (Å²) in [7, 11) is 1.39. The number of thiophene rings is 1. The van der Waals surface area contributed by atoms with Crippen molar-refractivity contribution in [3.05, 3.63) is 112 Å². The van der Waals surface area contributed by atoms with Crippen molar-refractivity contribution < 1.29 is 19.1 Å². The van der Waals surface area contributed by atoms with E-state index in [4.69, 9.17) is 4.74 Å². The molecule has 2 amide bonds. The molecule has 2 aliphatic carbocycles. The Bertz CT molecular complexity index is 1650. The van der Waals surface area contributed by atoms with Gasteiger partial charge in [0.05, 0.1) is 12.7 Å². The highest BCUT2D eigenvalue weighted by molar-refractivity contribution is 8.00. The van der Waals surface area contributed by atoms with Gasteiger partial charge in [0.25, 0.3) is 0 Å². The summed E-state index contributed by atoms with van der Waals surface area (Å²) in [4.78, 5) is 42.1. The Morgan fingerprint density at radius 1 is 0.867 bits per heavy atom. The van der Waals surface area contributed by atoms with E-state index < -0.39 is 11.2 Å². The van der Waals surface area contributed by atoms with E-state index >= 15 is 0 Å². The molecular weight excluding hydrogens is 601 g/mol. The number of hydrogen-bond donors (Lipinski definition) is 2. The number of ether oxygens (including phenoxy) is 1. The van der Waals surface area contributed by atoms with Gasteiger partial charge in [-0.2, -0.15) is 0 Å². The van der Waals surface area contributed by atoms with E-state index in [2.05, 4.69) is 34.9 Å². The molecule has 1 fully saturated rings. The van der Waals surface area contributed by atoms with Crippen LogP contribution in [0.3, 0.4) is 0 Å². The Labute approximate surface area is 273 Å². The van der Waals surface area contributed by atoms with E-state index in [9.17, 15) is 14.4 Å². The second-order valence-electron chi connectivity index (χ2n) is 11.8. The summed E-state index contributed by atoms with van der Waals surface area (Å²) >= 11 is 2.91. The SMILES string of the molecule is COC(=O)c1c(NC(=O)C(Sc2cccc(NC(=O)C3CCCCC3)c2)c2ccccc2)sc2c1CCC(c1ccccc1)C2. The third kappa shape index (κ3) is 7.34. The third-order valence-electron chi connectivity index (χ3n) is 8.83. The number of methoxy groups -OCH3 is 1. The molecule has 2 atom stereocenters. The number of thioether (sulfide) groups is 1. The van der Waals surface area contributed by atoms with Crippen LogP contribution >= 0.6 is 23.1 Å². The van der Waals surface area contributed by atoms with Gasteiger partial charge in [-0.1, -0.05) is 86.0 Å². The zero-order valence-electron chi connectivity index (χ0n) is 25.4. The van der Waals surface area contributed by atoms with Gasteiger partial charge in [-0.3, -0.25) is 9.59 Å². The van der Waals surface area contributed by atoms with Crippen LogP contribution in [0.5, 0.6) is 0 Å². The highest BCUT2D eigenvalue weighted by Crippen LogP contribution is 2.44. The average molecular weight is 639 g/mol. The minimum atomic E-state index is -0.586. The Balaban J connectivity index is 1.24. The molecule has 2 aliphatic rings. The minimum absolute atomic E-state index is 0.0569. The van der Waals surface area contributed by atoms with Crippen LogP contribution in [0.2, 0.25) is 0 Å². The van der Waals surface area contributed by atoms with Gasteiger partial charge in [0.1, 0.15) is 10.3 Å². The van der Waals surface area contributed by atoms with Gasteiger partial charge in [-0.15, -0.1) is 23.1 Å². The Hall–Kier alpha value is -3.88. The van der Waals surface area contributed by atoms with Gasteiger partial charge in [0.15, 0.2) is 0 Å². The number of carbonyl (C=O) groups excluding carboxylic acids is 3. The van der Waals surface area contributed by atoms with Gasteiger partial charge in [-0.05, 0) is 72.9 Å². The van der Waals surface area contributed by atoms with Gasteiger partial charge in [-0.25, -0.2) is 4.79 Å². The Kier molecular flexibility index (Phi) is 10.0. The van der Waals surface area contributed by atoms with Crippen molar-refractivity contribution in [2.45, 2.75) is 67.4 Å². The molecule has 232 valence electrons. The molecule has 2 N–H and O–H groups in total. The van der Waals surface area contributed by atoms with E-state index in [0.29, 0.717) is 16.5 Å². The summed E-state index contributed by atoms with van der Waals surface area (Å²) in [6.45, 7) is 0. The fraction of sp³-hybridized carbons (Fsp3) is 0.324. The first kappa shape index (κ1) is 31.1. The highest BCUT2D eigenvalue weighted by Gasteiger charge is 2.32. The van der Waals surface area contributed by atoms with Gasteiger partial charge >= 0.3 is 5.97 Å². The lowest BCUT2D eigenvalue weighted by molar-refractivity contribution is -0.120. The number of hydrogen-bond acceptors (Lipinski definition) is 6. The van der Waals surface area contributed by atoms with Crippen LogP contribution in [0, 0.1) is 5.92 Å². The first-order chi connectivity index (χ1) is 22.0. The molecule has 4 aromatic rings. The molecule has 2 unspecified atom stereocenters. The lowest BCUT2D eigenvalue weighted by atomic mass is 9.83. The van der Waals surface area contributed by atoms with Crippen LogP contribution in [0.15, 0.2) is 89.8 Å². The maximum absolute atomic E-state index is 14.1. The molecule has 3 aromatic carbocycles. The van der Waals surface area contributed by atoms with Crippen molar-refractivity contribution in [1.82, 2.24) is 0 Å². The summed E-state index contributed by atoms with van der Waals surface area (Å²) in [6.07, 6.45) is 7.76. The molecule has 0 radical (unpaired) electrons. The monoisotopic (exact) mass is 638 g/mol. The fourth-order valence-corrected chi connectivity index (χ4v) is 8.87. The molecule has 6 rings (SSSR count). The molecule has 6 nitrogen and oxygen atoms in total. The first-order valence-corrected chi connectivity index (χ1v) is 17.4. The summed E-state index contributed by atoms with van der Waals surface area (Å²) < 4.78 is 5.20. The first-order valence-electron chi connectivity index (χ1n) is 15.7. The predicted octanol–water partition coefficient (Wildman–Crippen LogP) is 8.80. The maximum atomic E-state index is 14.1. The van der Waals surface area contributed by atoms with E-state index in [0.717, 1.165) is 71.5 Å². The van der Waals surface area contributed by atoms with Crippen LogP contribution in [-0.4, -0.2) is 24.9 Å². The van der Waals surface area contributed by atoms with Crippen LogP contribution in [-0.2, 0) is 27.2 Å². The molecule has 1 aromatic heterocycles. The second kappa shape index (κ2) is 14.5. The van der Waals surface area contributed by atoms with Crippen molar-refractivity contribution in [3.8, 4) is 0 Å². The van der Waals surface area contributed by atoms with Crippen molar-refractivity contribution in [1.29, 1.82) is 0 Å². The Morgan fingerprint density at radius 2 is 1.60 bits per heavy atom. The van der Waals surface area contributed by atoms with Crippen LogP contribution < -0.4 is 10.6 Å². The van der Waals surface area contributed by atoms with Gasteiger partial charge in [0, 0.05) is 21.4 Å². The molecule has 0 bridgehead atoms. The Morgan fingerprint density at radius 3 is 2.33 bits per heavy atom.